The number of ether oxygens (including phenoxy) is 1. The first kappa shape index (κ1) is 24.1. The Hall–Kier alpha value is -3.53. The van der Waals surface area contributed by atoms with Gasteiger partial charge in [-0.2, -0.15) is 11.8 Å². The highest BCUT2D eigenvalue weighted by Crippen LogP contribution is 2.44. The maximum Gasteiger partial charge on any atom is 0.426 e. The molecule has 2 aromatic carbocycles. The van der Waals surface area contributed by atoms with E-state index in [1.807, 2.05) is 54.8 Å². The van der Waals surface area contributed by atoms with Crippen molar-refractivity contribution in [1.82, 2.24) is 16.2 Å². The third-order valence-electron chi connectivity index (χ3n) is 5.29. The summed E-state index contributed by atoms with van der Waals surface area (Å²) in [5.74, 6) is -3.12. The zero-order valence-electron chi connectivity index (χ0n) is 18.0. The minimum atomic E-state index is -1.69. The summed E-state index contributed by atoms with van der Waals surface area (Å²) in [7, 11) is 0. The van der Waals surface area contributed by atoms with Gasteiger partial charge < -0.3 is 15.2 Å². The molecule has 10 heteroatoms. The third-order valence-corrected chi connectivity index (χ3v) is 5.99. The van der Waals surface area contributed by atoms with Gasteiger partial charge in [-0.25, -0.2) is 15.0 Å². The van der Waals surface area contributed by atoms with Crippen LogP contribution in [0, 0.1) is 0 Å². The summed E-state index contributed by atoms with van der Waals surface area (Å²) in [6, 6.07) is 14.7. The van der Waals surface area contributed by atoms with Gasteiger partial charge in [0.2, 0.25) is 0 Å². The van der Waals surface area contributed by atoms with Crippen LogP contribution in [0.4, 0.5) is 4.79 Å². The van der Waals surface area contributed by atoms with E-state index in [9.17, 15) is 19.2 Å². The van der Waals surface area contributed by atoms with Crippen molar-refractivity contribution < 1.29 is 29.0 Å². The average Bonchev–Trinajstić information content (AvgIpc) is 3.14. The molecule has 4 N–H and O–H groups in total. The van der Waals surface area contributed by atoms with Crippen molar-refractivity contribution >= 4 is 35.6 Å². The van der Waals surface area contributed by atoms with Crippen molar-refractivity contribution in [2.45, 2.75) is 24.8 Å². The van der Waals surface area contributed by atoms with Crippen LogP contribution in [0.1, 0.15) is 29.9 Å². The van der Waals surface area contributed by atoms with E-state index >= 15 is 0 Å². The van der Waals surface area contributed by atoms with Crippen molar-refractivity contribution in [3.8, 4) is 11.1 Å². The summed E-state index contributed by atoms with van der Waals surface area (Å²) in [4.78, 5) is 46.9. The lowest BCUT2D eigenvalue weighted by Gasteiger charge is -2.18. The SMILES string of the molecule is CSCCC[C@@H](NC(=O)C(=O)O)C(=O)NNC(=O)OCC1c2ccccc2-c2ccccc21. The Morgan fingerprint density at radius 3 is 2.18 bits per heavy atom. The van der Waals surface area contributed by atoms with Gasteiger partial charge in [0.1, 0.15) is 12.6 Å². The van der Waals surface area contributed by atoms with Crippen LogP contribution in [0.3, 0.4) is 0 Å². The molecule has 33 heavy (non-hydrogen) atoms. The van der Waals surface area contributed by atoms with Gasteiger partial charge in [-0.1, -0.05) is 48.5 Å². The van der Waals surface area contributed by atoms with Crippen LogP contribution < -0.4 is 16.2 Å². The lowest BCUT2D eigenvalue weighted by molar-refractivity contribution is -0.151. The van der Waals surface area contributed by atoms with Crippen molar-refractivity contribution in [1.29, 1.82) is 0 Å². The quantitative estimate of drug-likeness (QED) is 0.264. The number of hydrogen-bond acceptors (Lipinski definition) is 6. The monoisotopic (exact) mass is 471 g/mol. The van der Waals surface area contributed by atoms with Crippen LogP contribution in [0.2, 0.25) is 0 Å². The number of thioether (sulfide) groups is 1. The molecule has 0 spiro atoms. The van der Waals surface area contributed by atoms with E-state index < -0.39 is 29.9 Å². The van der Waals surface area contributed by atoms with Gasteiger partial charge >= 0.3 is 18.0 Å². The van der Waals surface area contributed by atoms with Gasteiger partial charge in [0.25, 0.3) is 5.91 Å². The van der Waals surface area contributed by atoms with Gasteiger partial charge in [0.15, 0.2) is 0 Å². The summed E-state index contributed by atoms with van der Waals surface area (Å²) in [5, 5.41) is 10.9. The molecule has 0 saturated carbocycles. The number of hydrazine groups is 1. The Balaban J connectivity index is 1.55. The van der Waals surface area contributed by atoms with E-state index in [4.69, 9.17) is 9.84 Å². The third kappa shape index (κ3) is 6.04. The van der Waals surface area contributed by atoms with Crippen molar-refractivity contribution in [2.75, 3.05) is 18.6 Å². The maximum atomic E-state index is 12.4. The number of carboxylic acid groups (broad SMARTS) is 1. The molecular weight excluding hydrogens is 446 g/mol. The molecule has 0 aromatic heterocycles. The number of carbonyl (C=O) groups excluding carboxylic acids is 3. The number of carbonyl (C=O) groups is 4. The van der Waals surface area contributed by atoms with E-state index in [0.29, 0.717) is 6.42 Å². The fourth-order valence-corrected chi connectivity index (χ4v) is 4.21. The molecule has 1 atom stereocenters. The molecule has 0 radical (unpaired) electrons. The predicted octanol–water partition coefficient (Wildman–Crippen LogP) is 2.27. The molecule has 1 aliphatic carbocycles. The molecule has 0 aliphatic heterocycles. The second-order valence-corrected chi connectivity index (χ2v) is 8.39. The smallest absolute Gasteiger partial charge is 0.426 e. The van der Waals surface area contributed by atoms with Gasteiger partial charge in [0.05, 0.1) is 0 Å². The van der Waals surface area contributed by atoms with E-state index in [2.05, 4.69) is 16.2 Å². The topological polar surface area (TPSA) is 134 Å². The molecule has 0 fully saturated rings. The van der Waals surface area contributed by atoms with Crippen LogP contribution in [0.15, 0.2) is 48.5 Å². The minimum absolute atomic E-state index is 0.0721. The molecular formula is C23H25N3O6S. The van der Waals surface area contributed by atoms with Crippen molar-refractivity contribution in [3.63, 3.8) is 0 Å². The van der Waals surface area contributed by atoms with Crippen LogP contribution >= 0.6 is 11.8 Å². The second-order valence-electron chi connectivity index (χ2n) is 7.41. The molecule has 0 bridgehead atoms. The van der Waals surface area contributed by atoms with Gasteiger partial charge in [-0.3, -0.25) is 15.0 Å². The zero-order chi connectivity index (χ0) is 23.8. The maximum absolute atomic E-state index is 12.4. The Labute approximate surface area is 195 Å². The fourth-order valence-electron chi connectivity index (χ4n) is 3.75. The highest BCUT2D eigenvalue weighted by atomic mass is 32.2. The standard InChI is InChI=1S/C23H25N3O6S/c1-33-12-6-11-19(24-21(28)22(29)30)20(27)25-26-23(31)32-13-18-16-9-4-2-7-14(16)15-8-3-5-10-17(15)18/h2-5,7-10,18-19H,6,11-13H2,1H3,(H,24,28)(H,25,27)(H,26,31)(H,29,30)/t19-/m1/s1. The normalized spacial score (nSPS) is 12.8. The average molecular weight is 472 g/mol. The first-order valence-corrected chi connectivity index (χ1v) is 11.7. The summed E-state index contributed by atoms with van der Waals surface area (Å²) in [6.45, 7) is 0.0721. The lowest BCUT2D eigenvalue weighted by atomic mass is 9.98. The Morgan fingerprint density at radius 1 is 1.00 bits per heavy atom. The Morgan fingerprint density at radius 2 is 1.61 bits per heavy atom. The predicted molar refractivity (Wildman–Crippen MR) is 124 cm³/mol. The number of fused-ring (bicyclic) bond motifs is 3. The molecule has 0 saturated heterocycles. The molecule has 1 aliphatic rings. The number of carboxylic acids is 1. The van der Waals surface area contributed by atoms with Gasteiger partial charge in [-0.15, -0.1) is 0 Å². The van der Waals surface area contributed by atoms with Crippen LogP contribution in [-0.4, -0.2) is 53.6 Å². The van der Waals surface area contributed by atoms with E-state index in [0.717, 1.165) is 28.0 Å². The summed E-state index contributed by atoms with van der Waals surface area (Å²) in [6.07, 6.45) is 1.82. The number of nitrogens with one attached hydrogen (secondary N) is 3. The Kier molecular flexibility index (Phi) is 8.31. The fraction of sp³-hybridized carbons (Fsp3) is 0.304. The number of hydrogen-bond donors (Lipinski definition) is 4. The molecule has 3 rings (SSSR count). The van der Waals surface area contributed by atoms with Crippen LogP contribution in [0.5, 0.6) is 0 Å². The number of aliphatic carboxylic acids is 1. The number of rotatable bonds is 8. The molecule has 3 amide bonds. The van der Waals surface area contributed by atoms with E-state index in [1.54, 1.807) is 11.8 Å². The summed E-state index contributed by atoms with van der Waals surface area (Å²) in [5.41, 5.74) is 8.66. The van der Waals surface area contributed by atoms with Crippen molar-refractivity contribution in [3.05, 3.63) is 59.7 Å². The van der Waals surface area contributed by atoms with Crippen molar-refractivity contribution in [2.24, 2.45) is 0 Å². The zero-order valence-corrected chi connectivity index (χ0v) is 18.8. The summed E-state index contributed by atoms with van der Waals surface area (Å²) >= 11 is 1.56. The first-order chi connectivity index (χ1) is 15.9. The molecule has 2 aromatic rings. The molecule has 174 valence electrons. The van der Waals surface area contributed by atoms with E-state index in [1.165, 1.54) is 0 Å². The molecule has 0 heterocycles. The first-order valence-electron chi connectivity index (χ1n) is 10.4. The van der Waals surface area contributed by atoms with Gasteiger partial charge in [0, 0.05) is 5.92 Å². The molecule has 9 nitrogen and oxygen atoms in total. The highest BCUT2D eigenvalue weighted by molar-refractivity contribution is 7.98. The number of benzene rings is 2. The lowest BCUT2D eigenvalue weighted by Crippen LogP contribution is -2.53. The highest BCUT2D eigenvalue weighted by Gasteiger charge is 2.29. The van der Waals surface area contributed by atoms with Gasteiger partial charge in [-0.05, 0) is 47.1 Å². The molecule has 0 unspecified atom stereocenters. The van der Waals surface area contributed by atoms with E-state index in [-0.39, 0.29) is 18.9 Å². The Bertz CT molecular complexity index is 999. The summed E-state index contributed by atoms with van der Waals surface area (Å²) < 4.78 is 5.34. The largest absolute Gasteiger partial charge is 0.474 e. The van der Waals surface area contributed by atoms with Crippen LogP contribution in [-0.2, 0) is 19.1 Å². The second kappa shape index (κ2) is 11.4. The number of amides is 3. The van der Waals surface area contributed by atoms with Crippen LogP contribution in [0.25, 0.3) is 11.1 Å². The minimum Gasteiger partial charge on any atom is -0.474 e.